The lowest BCUT2D eigenvalue weighted by Gasteiger charge is -2.28. The molecule has 1 aromatic rings. The fourth-order valence-electron chi connectivity index (χ4n) is 2.24. The van der Waals surface area contributed by atoms with E-state index in [0.29, 0.717) is 11.6 Å². The van der Waals surface area contributed by atoms with Crippen molar-refractivity contribution in [3.8, 4) is 0 Å². The molecule has 0 amide bonds. The van der Waals surface area contributed by atoms with E-state index in [-0.39, 0.29) is 6.10 Å². The first-order chi connectivity index (χ1) is 8.72. The molecule has 0 radical (unpaired) electrons. The van der Waals surface area contributed by atoms with Crippen molar-refractivity contribution in [2.45, 2.75) is 31.9 Å². The van der Waals surface area contributed by atoms with Crippen LogP contribution < -0.4 is 10.6 Å². The van der Waals surface area contributed by atoms with Crippen LogP contribution in [-0.2, 0) is 11.3 Å². The highest BCUT2D eigenvalue weighted by molar-refractivity contribution is 6.33. The average Bonchev–Trinajstić information content (AvgIpc) is 2.40. The number of aromatic nitrogens is 1. The van der Waals surface area contributed by atoms with Gasteiger partial charge in [0.25, 0.3) is 0 Å². The number of halogens is 1. The molecule has 2 N–H and O–H groups in total. The van der Waals surface area contributed by atoms with Crippen LogP contribution in [0.15, 0.2) is 12.3 Å². The van der Waals surface area contributed by atoms with Crippen molar-refractivity contribution >= 4 is 17.4 Å². The van der Waals surface area contributed by atoms with Crippen LogP contribution in [0.25, 0.3) is 0 Å². The summed E-state index contributed by atoms with van der Waals surface area (Å²) in [6, 6.07) is 1.86. The lowest BCUT2D eigenvalue weighted by atomic mass is 10.1. The van der Waals surface area contributed by atoms with Crippen molar-refractivity contribution in [2.24, 2.45) is 5.73 Å². The molecule has 18 heavy (non-hydrogen) atoms. The van der Waals surface area contributed by atoms with E-state index in [2.05, 4.69) is 9.88 Å². The summed E-state index contributed by atoms with van der Waals surface area (Å²) in [4.78, 5) is 6.39. The molecule has 100 valence electrons. The van der Waals surface area contributed by atoms with Gasteiger partial charge in [-0.1, -0.05) is 11.6 Å². The molecule has 0 saturated carbocycles. The summed E-state index contributed by atoms with van der Waals surface area (Å²) in [7, 11) is 1.99. The van der Waals surface area contributed by atoms with Gasteiger partial charge in [-0.15, -0.1) is 0 Å². The molecule has 0 bridgehead atoms. The summed E-state index contributed by atoms with van der Waals surface area (Å²) in [5, 5.41) is 0.651. The molecular formula is C13H20ClN3O. The van der Waals surface area contributed by atoms with Crippen molar-refractivity contribution in [1.82, 2.24) is 4.98 Å². The highest BCUT2D eigenvalue weighted by Crippen LogP contribution is 2.26. The monoisotopic (exact) mass is 269 g/mol. The third kappa shape index (κ3) is 3.13. The van der Waals surface area contributed by atoms with E-state index < -0.39 is 0 Å². The zero-order chi connectivity index (χ0) is 13.0. The summed E-state index contributed by atoms with van der Waals surface area (Å²) >= 11 is 6.30. The van der Waals surface area contributed by atoms with Crippen LogP contribution >= 0.6 is 11.6 Å². The Morgan fingerprint density at radius 1 is 1.56 bits per heavy atom. The van der Waals surface area contributed by atoms with Crippen LogP contribution in [0.5, 0.6) is 0 Å². The molecule has 1 aliphatic heterocycles. The fourth-order valence-corrected chi connectivity index (χ4v) is 2.57. The van der Waals surface area contributed by atoms with Gasteiger partial charge in [-0.25, -0.2) is 4.98 Å². The number of hydrogen-bond acceptors (Lipinski definition) is 4. The summed E-state index contributed by atoms with van der Waals surface area (Å²) < 4.78 is 5.73. The molecule has 5 heteroatoms. The molecule has 0 spiro atoms. The maximum atomic E-state index is 6.30. The van der Waals surface area contributed by atoms with Gasteiger partial charge in [0.2, 0.25) is 0 Å². The van der Waals surface area contributed by atoms with Crippen LogP contribution in [0.4, 0.5) is 5.82 Å². The van der Waals surface area contributed by atoms with Crippen LogP contribution in [0, 0.1) is 0 Å². The quantitative estimate of drug-likeness (QED) is 0.910. The standard InChI is InChI=1S/C13H20ClN3O/c1-17(9-11-4-2-3-7-18-11)13-12(14)10(8-15)5-6-16-13/h5-6,11H,2-4,7-9,15H2,1H3. The van der Waals surface area contributed by atoms with E-state index in [9.17, 15) is 0 Å². The minimum atomic E-state index is 0.281. The Kier molecular flexibility index (Phi) is 4.80. The molecule has 1 aliphatic rings. The molecule has 1 fully saturated rings. The first-order valence-corrected chi connectivity index (χ1v) is 6.76. The Labute approximate surface area is 113 Å². The highest BCUT2D eigenvalue weighted by atomic mass is 35.5. The molecular weight excluding hydrogens is 250 g/mol. The molecule has 0 aromatic carbocycles. The summed E-state index contributed by atoms with van der Waals surface area (Å²) in [6.45, 7) is 2.12. The number of pyridine rings is 1. The Hall–Kier alpha value is -0.840. The van der Waals surface area contributed by atoms with Crippen molar-refractivity contribution in [3.05, 3.63) is 22.8 Å². The van der Waals surface area contributed by atoms with Crippen molar-refractivity contribution < 1.29 is 4.74 Å². The van der Waals surface area contributed by atoms with E-state index in [1.165, 1.54) is 12.8 Å². The number of rotatable bonds is 4. The van der Waals surface area contributed by atoms with Crippen molar-refractivity contribution in [1.29, 1.82) is 0 Å². The minimum absolute atomic E-state index is 0.281. The number of likely N-dealkylation sites (N-methyl/N-ethyl adjacent to an activating group) is 1. The smallest absolute Gasteiger partial charge is 0.147 e. The van der Waals surface area contributed by atoms with Gasteiger partial charge >= 0.3 is 0 Å². The second-order valence-electron chi connectivity index (χ2n) is 4.68. The Morgan fingerprint density at radius 3 is 3.06 bits per heavy atom. The second kappa shape index (κ2) is 6.36. The van der Waals surface area contributed by atoms with Gasteiger partial charge < -0.3 is 15.4 Å². The number of anilines is 1. The molecule has 4 nitrogen and oxygen atoms in total. The van der Waals surface area contributed by atoms with Crippen molar-refractivity contribution in [2.75, 3.05) is 25.1 Å². The molecule has 1 aromatic heterocycles. The van der Waals surface area contributed by atoms with Gasteiger partial charge in [-0.2, -0.15) is 0 Å². The first kappa shape index (κ1) is 13.6. The normalized spacial score (nSPS) is 19.8. The number of nitrogens with zero attached hydrogens (tertiary/aromatic N) is 2. The zero-order valence-corrected chi connectivity index (χ0v) is 11.5. The summed E-state index contributed by atoms with van der Waals surface area (Å²) in [5.41, 5.74) is 6.58. The zero-order valence-electron chi connectivity index (χ0n) is 10.7. The minimum Gasteiger partial charge on any atom is -0.376 e. The van der Waals surface area contributed by atoms with Gasteiger partial charge in [-0.3, -0.25) is 0 Å². The predicted octanol–water partition coefficient (Wildman–Crippen LogP) is 2.20. The van der Waals surface area contributed by atoms with E-state index in [1.54, 1.807) is 6.20 Å². The topological polar surface area (TPSA) is 51.4 Å². The molecule has 0 aliphatic carbocycles. The molecule has 1 atom stereocenters. The van der Waals surface area contributed by atoms with Crippen LogP contribution in [0.1, 0.15) is 24.8 Å². The number of ether oxygens (including phenoxy) is 1. The molecule has 2 rings (SSSR count). The lowest BCUT2D eigenvalue weighted by Crippen LogP contribution is -2.34. The Morgan fingerprint density at radius 2 is 2.39 bits per heavy atom. The first-order valence-electron chi connectivity index (χ1n) is 6.38. The molecule has 2 heterocycles. The van der Waals surface area contributed by atoms with Crippen LogP contribution in [-0.4, -0.2) is 31.3 Å². The molecule has 1 unspecified atom stereocenters. The predicted molar refractivity (Wildman–Crippen MR) is 74.0 cm³/mol. The largest absolute Gasteiger partial charge is 0.376 e. The van der Waals surface area contributed by atoms with Crippen LogP contribution in [0.3, 0.4) is 0 Å². The second-order valence-corrected chi connectivity index (χ2v) is 5.06. The van der Waals surface area contributed by atoms with Crippen LogP contribution in [0.2, 0.25) is 5.02 Å². The van der Waals surface area contributed by atoms with E-state index in [0.717, 1.165) is 31.0 Å². The van der Waals surface area contributed by atoms with E-state index >= 15 is 0 Å². The maximum absolute atomic E-state index is 6.30. The lowest BCUT2D eigenvalue weighted by molar-refractivity contribution is 0.0215. The maximum Gasteiger partial charge on any atom is 0.147 e. The molecule has 1 saturated heterocycles. The fraction of sp³-hybridized carbons (Fsp3) is 0.615. The van der Waals surface area contributed by atoms with Gasteiger partial charge in [0.05, 0.1) is 11.1 Å². The van der Waals surface area contributed by atoms with E-state index in [4.69, 9.17) is 22.1 Å². The van der Waals surface area contributed by atoms with E-state index in [1.807, 2.05) is 13.1 Å². The SMILES string of the molecule is CN(CC1CCCCO1)c1nccc(CN)c1Cl. The third-order valence-corrected chi connectivity index (χ3v) is 3.70. The Balaban J connectivity index is 2.05. The third-order valence-electron chi connectivity index (χ3n) is 3.28. The number of nitrogens with two attached hydrogens (primary N) is 1. The Bertz CT molecular complexity index is 394. The average molecular weight is 270 g/mol. The van der Waals surface area contributed by atoms with Gasteiger partial charge in [0, 0.05) is 32.9 Å². The van der Waals surface area contributed by atoms with Crippen molar-refractivity contribution in [3.63, 3.8) is 0 Å². The highest BCUT2D eigenvalue weighted by Gasteiger charge is 2.18. The summed E-state index contributed by atoms with van der Waals surface area (Å²) in [6.07, 6.45) is 5.55. The summed E-state index contributed by atoms with van der Waals surface area (Å²) in [5.74, 6) is 0.786. The number of hydrogen-bond donors (Lipinski definition) is 1. The van der Waals surface area contributed by atoms with Gasteiger partial charge in [0.15, 0.2) is 0 Å². The van der Waals surface area contributed by atoms with Gasteiger partial charge in [0.1, 0.15) is 5.82 Å². The van der Waals surface area contributed by atoms with Gasteiger partial charge in [-0.05, 0) is 30.9 Å².